The second-order valence-electron chi connectivity index (χ2n) is 5.48. The first-order valence-electron chi connectivity index (χ1n) is 8.02. The Morgan fingerprint density at radius 1 is 1.16 bits per heavy atom. The Morgan fingerprint density at radius 2 is 1.92 bits per heavy atom. The van der Waals surface area contributed by atoms with Gasteiger partial charge in [0.05, 0.1) is 5.25 Å². The monoisotopic (exact) mass is 397 g/mol. The maximum absolute atomic E-state index is 13.6. The highest BCUT2D eigenvalue weighted by Gasteiger charge is 2.13. The van der Waals surface area contributed by atoms with Gasteiger partial charge >= 0.3 is 0 Å². The molecule has 0 aromatic heterocycles. The predicted octanol–water partition coefficient (Wildman–Crippen LogP) is 5.15. The van der Waals surface area contributed by atoms with E-state index in [4.69, 9.17) is 11.6 Å². The van der Waals surface area contributed by atoms with Gasteiger partial charge in [0, 0.05) is 34.4 Å². The van der Waals surface area contributed by atoms with Gasteiger partial charge in [-0.2, -0.15) is 11.8 Å². The van der Waals surface area contributed by atoms with Crippen LogP contribution in [0.5, 0.6) is 0 Å². The van der Waals surface area contributed by atoms with Gasteiger partial charge in [0.25, 0.3) is 0 Å². The molecule has 2 nitrogen and oxygen atoms in total. The van der Waals surface area contributed by atoms with Crippen LogP contribution in [0.2, 0.25) is 5.02 Å². The zero-order valence-electron chi connectivity index (χ0n) is 14.0. The molecule has 0 aliphatic rings. The Labute approximate surface area is 161 Å². The summed E-state index contributed by atoms with van der Waals surface area (Å²) < 4.78 is 13.6. The van der Waals surface area contributed by atoms with Gasteiger partial charge in [-0.1, -0.05) is 48.0 Å². The lowest BCUT2D eigenvalue weighted by molar-refractivity contribution is -0.120. The highest BCUT2D eigenvalue weighted by atomic mass is 35.5. The van der Waals surface area contributed by atoms with Crippen molar-refractivity contribution in [1.29, 1.82) is 0 Å². The van der Waals surface area contributed by atoms with E-state index in [0.717, 1.165) is 5.75 Å². The average Bonchev–Trinajstić information content (AvgIpc) is 2.62. The smallest absolute Gasteiger partial charge is 0.232 e. The molecule has 2 aromatic rings. The molecular formula is C19H21ClFNOS2. The van der Waals surface area contributed by atoms with E-state index in [2.05, 4.69) is 17.4 Å². The third kappa shape index (κ3) is 6.92. The molecular weight excluding hydrogens is 377 g/mol. The van der Waals surface area contributed by atoms with Gasteiger partial charge in [0.15, 0.2) is 0 Å². The van der Waals surface area contributed by atoms with Crippen molar-refractivity contribution in [3.05, 3.63) is 70.5 Å². The molecule has 134 valence electrons. The Bertz CT molecular complexity index is 664. The minimum Gasteiger partial charge on any atom is -0.354 e. The van der Waals surface area contributed by atoms with Crippen molar-refractivity contribution < 1.29 is 9.18 Å². The standard InChI is InChI=1S/C19H21ClFNOS2/c1-14(25-12-15-6-3-2-4-7-15)19(23)22-10-11-24-13-16-17(20)8-5-9-18(16)21/h2-9,14H,10-13H2,1H3,(H,22,23)/t14-/m1/s1. The molecule has 25 heavy (non-hydrogen) atoms. The van der Waals surface area contributed by atoms with Crippen molar-refractivity contribution in [2.24, 2.45) is 0 Å². The third-order valence-corrected chi connectivity index (χ3v) is 6.12. The normalized spacial score (nSPS) is 12.0. The summed E-state index contributed by atoms with van der Waals surface area (Å²) in [5.41, 5.74) is 1.73. The zero-order valence-corrected chi connectivity index (χ0v) is 16.4. The third-order valence-electron chi connectivity index (χ3n) is 3.57. The first kappa shape index (κ1) is 20.1. The Balaban J connectivity index is 1.63. The summed E-state index contributed by atoms with van der Waals surface area (Å²) in [4.78, 5) is 12.1. The van der Waals surface area contributed by atoms with Crippen LogP contribution >= 0.6 is 35.1 Å². The molecule has 1 atom stereocenters. The van der Waals surface area contributed by atoms with Crippen LogP contribution in [0.25, 0.3) is 0 Å². The Hall–Kier alpha value is -1.17. The first-order chi connectivity index (χ1) is 12.1. The summed E-state index contributed by atoms with van der Waals surface area (Å²) in [6.07, 6.45) is 0. The molecule has 1 amide bonds. The van der Waals surface area contributed by atoms with Crippen molar-refractivity contribution in [1.82, 2.24) is 5.32 Å². The molecule has 0 aliphatic carbocycles. The molecule has 0 bridgehead atoms. The maximum Gasteiger partial charge on any atom is 0.232 e. The fourth-order valence-electron chi connectivity index (χ4n) is 2.11. The average molecular weight is 398 g/mol. The van der Waals surface area contributed by atoms with Gasteiger partial charge in [-0.05, 0) is 24.6 Å². The van der Waals surface area contributed by atoms with Crippen LogP contribution in [0.3, 0.4) is 0 Å². The van der Waals surface area contributed by atoms with E-state index in [1.807, 2.05) is 25.1 Å². The van der Waals surface area contributed by atoms with Crippen molar-refractivity contribution in [3.8, 4) is 0 Å². The SMILES string of the molecule is C[C@@H](SCc1ccccc1)C(=O)NCCSCc1c(F)cccc1Cl. The molecule has 0 aliphatic heterocycles. The predicted molar refractivity (Wildman–Crippen MR) is 108 cm³/mol. The number of thioether (sulfide) groups is 2. The number of halogens is 2. The fraction of sp³-hybridized carbons (Fsp3) is 0.316. The first-order valence-corrected chi connectivity index (χ1v) is 10.6. The summed E-state index contributed by atoms with van der Waals surface area (Å²) >= 11 is 9.16. The summed E-state index contributed by atoms with van der Waals surface area (Å²) in [6.45, 7) is 2.47. The van der Waals surface area contributed by atoms with E-state index in [1.165, 1.54) is 11.6 Å². The van der Waals surface area contributed by atoms with Crippen molar-refractivity contribution in [3.63, 3.8) is 0 Å². The van der Waals surface area contributed by atoms with Crippen molar-refractivity contribution >= 4 is 41.0 Å². The van der Waals surface area contributed by atoms with Crippen LogP contribution in [0.4, 0.5) is 4.39 Å². The minimum atomic E-state index is -0.282. The van der Waals surface area contributed by atoms with E-state index in [1.54, 1.807) is 35.7 Å². The van der Waals surface area contributed by atoms with Crippen LogP contribution in [0, 0.1) is 5.82 Å². The topological polar surface area (TPSA) is 29.1 Å². The van der Waals surface area contributed by atoms with Crippen LogP contribution in [0.1, 0.15) is 18.1 Å². The second-order valence-corrected chi connectivity index (χ2v) is 8.32. The summed E-state index contributed by atoms with van der Waals surface area (Å²) in [7, 11) is 0. The zero-order chi connectivity index (χ0) is 18.1. The number of hydrogen-bond acceptors (Lipinski definition) is 3. The minimum absolute atomic E-state index is 0.0328. The van der Waals surface area contributed by atoms with Crippen molar-refractivity contribution in [2.75, 3.05) is 12.3 Å². The highest BCUT2D eigenvalue weighted by molar-refractivity contribution is 7.99. The second kappa shape index (κ2) is 10.7. The lowest BCUT2D eigenvalue weighted by Crippen LogP contribution is -2.32. The molecule has 1 N–H and O–H groups in total. The number of carbonyl (C=O) groups excluding carboxylic acids is 1. The van der Waals surface area contributed by atoms with Gasteiger partial charge in [0.2, 0.25) is 5.91 Å². The number of benzene rings is 2. The van der Waals surface area contributed by atoms with Crippen LogP contribution in [0.15, 0.2) is 48.5 Å². The van der Waals surface area contributed by atoms with Crippen LogP contribution in [-0.4, -0.2) is 23.5 Å². The van der Waals surface area contributed by atoms with E-state index >= 15 is 0 Å². The van der Waals surface area contributed by atoms with Gasteiger partial charge in [-0.15, -0.1) is 11.8 Å². The van der Waals surface area contributed by atoms with Gasteiger partial charge in [0.1, 0.15) is 5.82 Å². The molecule has 2 rings (SSSR count). The Kier molecular flexibility index (Phi) is 8.65. The van der Waals surface area contributed by atoms with Gasteiger partial charge < -0.3 is 5.32 Å². The van der Waals surface area contributed by atoms with Crippen LogP contribution < -0.4 is 5.32 Å². The Morgan fingerprint density at radius 3 is 2.64 bits per heavy atom. The number of rotatable bonds is 9. The van der Waals surface area contributed by atoms with E-state index in [-0.39, 0.29) is 17.0 Å². The molecule has 0 saturated heterocycles. The molecule has 0 radical (unpaired) electrons. The number of amides is 1. The van der Waals surface area contributed by atoms with E-state index in [9.17, 15) is 9.18 Å². The number of nitrogens with one attached hydrogen (secondary N) is 1. The molecule has 0 spiro atoms. The summed E-state index contributed by atoms with van der Waals surface area (Å²) in [6, 6.07) is 14.8. The molecule has 2 aromatic carbocycles. The lowest BCUT2D eigenvalue weighted by atomic mass is 10.2. The van der Waals surface area contributed by atoms with Crippen molar-refractivity contribution in [2.45, 2.75) is 23.7 Å². The molecule has 0 saturated carbocycles. The summed E-state index contributed by atoms with van der Waals surface area (Å²) in [5, 5.41) is 3.27. The maximum atomic E-state index is 13.6. The molecule has 0 unspecified atom stereocenters. The van der Waals surface area contributed by atoms with E-state index in [0.29, 0.717) is 28.6 Å². The van der Waals surface area contributed by atoms with E-state index < -0.39 is 0 Å². The quantitative estimate of drug-likeness (QED) is 0.593. The molecule has 6 heteroatoms. The molecule has 0 fully saturated rings. The fourth-order valence-corrected chi connectivity index (χ4v) is 4.17. The highest BCUT2D eigenvalue weighted by Crippen LogP contribution is 2.23. The largest absolute Gasteiger partial charge is 0.354 e. The molecule has 0 heterocycles. The lowest BCUT2D eigenvalue weighted by Gasteiger charge is -2.12. The number of carbonyl (C=O) groups is 1. The van der Waals surface area contributed by atoms with Crippen LogP contribution in [-0.2, 0) is 16.3 Å². The number of hydrogen-bond donors (Lipinski definition) is 1. The summed E-state index contributed by atoms with van der Waals surface area (Å²) in [5.74, 6) is 1.78. The van der Waals surface area contributed by atoms with Gasteiger partial charge in [-0.25, -0.2) is 4.39 Å². The van der Waals surface area contributed by atoms with Gasteiger partial charge in [-0.3, -0.25) is 4.79 Å².